The van der Waals surface area contributed by atoms with E-state index in [1.807, 2.05) is 20.8 Å². The Labute approximate surface area is 130 Å². The van der Waals surface area contributed by atoms with Gasteiger partial charge in [-0.2, -0.15) is 0 Å². The van der Waals surface area contributed by atoms with E-state index in [9.17, 15) is 9.59 Å². The van der Waals surface area contributed by atoms with Crippen molar-refractivity contribution in [2.24, 2.45) is 16.7 Å². The molecule has 21 heavy (non-hydrogen) atoms. The third-order valence-corrected chi connectivity index (χ3v) is 4.35. The molecule has 1 rings (SSSR count). The van der Waals surface area contributed by atoms with Gasteiger partial charge < -0.3 is 0 Å². The van der Waals surface area contributed by atoms with Crippen LogP contribution in [0.15, 0.2) is 0 Å². The van der Waals surface area contributed by atoms with Crippen LogP contribution in [0.25, 0.3) is 0 Å². The number of imide groups is 1. The first-order valence-electron chi connectivity index (χ1n) is 8.36. The van der Waals surface area contributed by atoms with E-state index in [0.717, 1.165) is 12.8 Å². The fourth-order valence-electron chi connectivity index (χ4n) is 2.87. The van der Waals surface area contributed by atoms with Crippen LogP contribution < -0.4 is 0 Å². The summed E-state index contributed by atoms with van der Waals surface area (Å²) in [4.78, 5) is 25.8. The van der Waals surface area contributed by atoms with Crippen LogP contribution in [0.5, 0.6) is 0 Å². The van der Waals surface area contributed by atoms with E-state index in [0.29, 0.717) is 18.4 Å². The van der Waals surface area contributed by atoms with Crippen molar-refractivity contribution in [1.82, 2.24) is 4.90 Å². The topological polar surface area (TPSA) is 37.4 Å². The van der Waals surface area contributed by atoms with Gasteiger partial charge in [0, 0.05) is 13.0 Å². The molecule has 1 saturated heterocycles. The number of hydrogen-bond acceptors (Lipinski definition) is 2. The second kappa shape index (κ2) is 6.93. The van der Waals surface area contributed by atoms with Gasteiger partial charge in [0.2, 0.25) is 11.8 Å². The lowest BCUT2D eigenvalue weighted by molar-refractivity contribution is -0.140. The van der Waals surface area contributed by atoms with Gasteiger partial charge in [0.25, 0.3) is 0 Å². The lowest BCUT2D eigenvalue weighted by Crippen LogP contribution is -2.34. The molecule has 1 aliphatic heterocycles. The third-order valence-electron chi connectivity index (χ3n) is 4.35. The smallest absolute Gasteiger partial charge is 0.233 e. The molecule has 122 valence electrons. The average Bonchev–Trinajstić information content (AvgIpc) is 2.58. The van der Waals surface area contributed by atoms with Crippen molar-refractivity contribution in [2.45, 2.75) is 80.1 Å². The number of carbonyl (C=O) groups is 2. The molecule has 1 aliphatic rings. The Bertz CT molecular complexity index is 374. The number of unbranched alkanes of at least 4 members (excludes halogenated alkanes) is 3. The molecule has 1 fully saturated rings. The van der Waals surface area contributed by atoms with Crippen molar-refractivity contribution in [3.05, 3.63) is 0 Å². The summed E-state index contributed by atoms with van der Waals surface area (Å²) >= 11 is 0. The molecule has 2 amide bonds. The number of carbonyl (C=O) groups excluding carboxylic acids is 2. The molecule has 1 unspecified atom stereocenters. The van der Waals surface area contributed by atoms with Crippen LogP contribution in [0.4, 0.5) is 0 Å². The zero-order chi connectivity index (χ0) is 16.3. The minimum absolute atomic E-state index is 0.0228. The van der Waals surface area contributed by atoms with Gasteiger partial charge in [0.05, 0.1) is 5.92 Å². The van der Waals surface area contributed by atoms with Crippen LogP contribution in [-0.2, 0) is 9.59 Å². The first-order chi connectivity index (χ1) is 9.52. The first kappa shape index (κ1) is 18.2. The van der Waals surface area contributed by atoms with Crippen molar-refractivity contribution in [2.75, 3.05) is 6.54 Å². The van der Waals surface area contributed by atoms with Crippen LogP contribution in [0.2, 0.25) is 0 Å². The van der Waals surface area contributed by atoms with Gasteiger partial charge in [-0.3, -0.25) is 14.5 Å². The molecule has 0 aromatic heterocycles. The van der Waals surface area contributed by atoms with Crippen molar-refractivity contribution in [1.29, 1.82) is 0 Å². The third kappa shape index (κ3) is 5.80. The second-order valence-electron chi connectivity index (χ2n) is 8.73. The second-order valence-corrected chi connectivity index (χ2v) is 8.73. The molecule has 0 spiro atoms. The summed E-state index contributed by atoms with van der Waals surface area (Å²) in [6, 6.07) is 0. The normalized spacial score (nSPS) is 20.5. The fraction of sp³-hybridized carbons (Fsp3) is 0.889. The highest BCUT2D eigenvalue weighted by atomic mass is 16.2. The van der Waals surface area contributed by atoms with Gasteiger partial charge in [-0.15, -0.1) is 0 Å². The average molecular weight is 295 g/mol. The Morgan fingerprint density at radius 3 is 2.00 bits per heavy atom. The summed E-state index contributed by atoms with van der Waals surface area (Å²) in [7, 11) is 0. The van der Waals surface area contributed by atoms with Crippen molar-refractivity contribution in [3.8, 4) is 0 Å². The molecule has 0 saturated carbocycles. The summed E-state index contributed by atoms with van der Waals surface area (Å²) < 4.78 is 0. The number of hydrogen-bond donors (Lipinski definition) is 0. The number of likely N-dealkylation sites (tertiary alicyclic amines) is 1. The zero-order valence-corrected chi connectivity index (χ0v) is 14.8. The summed E-state index contributed by atoms with van der Waals surface area (Å²) in [6.45, 7) is 13.5. The number of amides is 2. The van der Waals surface area contributed by atoms with E-state index >= 15 is 0 Å². The molecule has 0 aromatic carbocycles. The molecule has 1 heterocycles. The maximum Gasteiger partial charge on any atom is 0.233 e. The number of nitrogens with zero attached hydrogens (tertiary/aromatic N) is 1. The predicted molar refractivity (Wildman–Crippen MR) is 86.8 cm³/mol. The van der Waals surface area contributed by atoms with E-state index in [-0.39, 0.29) is 23.1 Å². The monoisotopic (exact) mass is 295 g/mol. The Hall–Kier alpha value is -0.860. The lowest BCUT2D eigenvalue weighted by atomic mass is 9.80. The van der Waals surface area contributed by atoms with E-state index in [2.05, 4.69) is 20.8 Å². The Balaban J connectivity index is 2.30. The number of rotatable bonds is 6. The molecular formula is C18H33NO2. The molecule has 3 heteroatoms. The van der Waals surface area contributed by atoms with Gasteiger partial charge in [0.15, 0.2) is 0 Å². The summed E-state index contributed by atoms with van der Waals surface area (Å²) in [5.41, 5.74) is 0.287. The standard InChI is InChI=1S/C18H33NO2/c1-17(2,3)11-9-7-8-10-12-19-15(20)13-14(16(19)21)18(4,5)6/h14H,7-13H2,1-6H3. The highest BCUT2D eigenvalue weighted by molar-refractivity contribution is 6.03. The van der Waals surface area contributed by atoms with Gasteiger partial charge >= 0.3 is 0 Å². The Morgan fingerprint density at radius 2 is 1.52 bits per heavy atom. The van der Waals surface area contributed by atoms with Crippen molar-refractivity contribution < 1.29 is 9.59 Å². The van der Waals surface area contributed by atoms with Gasteiger partial charge in [-0.05, 0) is 23.7 Å². The van der Waals surface area contributed by atoms with Crippen LogP contribution in [0, 0.1) is 16.7 Å². The molecule has 0 bridgehead atoms. The highest BCUT2D eigenvalue weighted by Crippen LogP contribution is 2.35. The van der Waals surface area contributed by atoms with Crippen molar-refractivity contribution in [3.63, 3.8) is 0 Å². The highest BCUT2D eigenvalue weighted by Gasteiger charge is 2.44. The summed E-state index contributed by atoms with van der Waals surface area (Å²) in [5.74, 6) is -0.0669. The van der Waals surface area contributed by atoms with E-state index in [1.165, 1.54) is 24.2 Å². The maximum atomic E-state index is 12.3. The molecule has 0 N–H and O–H groups in total. The zero-order valence-electron chi connectivity index (χ0n) is 14.8. The lowest BCUT2D eigenvalue weighted by Gasteiger charge is -2.24. The molecule has 3 nitrogen and oxygen atoms in total. The Morgan fingerprint density at radius 1 is 0.952 bits per heavy atom. The van der Waals surface area contributed by atoms with Gasteiger partial charge in [0.1, 0.15) is 0 Å². The summed E-state index contributed by atoms with van der Waals surface area (Å²) in [6.07, 6.45) is 6.10. The fourth-order valence-corrected chi connectivity index (χ4v) is 2.87. The van der Waals surface area contributed by atoms with Crippen LogP contribution in [-0.4, -0.2) is 23.3 Å². The SMILES string of the molecule is CC(C)(C)CCCCCCN1C(=O)CC(C(C)(C)C)C1=O. The molecule has 0 radical (unpaired) electrons. The van der Waals surface area contributed by atoms with Crippen molar-refractivity contribution >= 4 is 11.8 Å². The minimum atomic E-state index is -0.133. The minimum Gasteiger partial charge on any atom is -0.282 e. The predicted octanol–water partition coefficient (Wildman–Crippen LogP) is 4.40. The van der Waals surface area contributed by atoms with E-state index < -0.39 is 0 Å². The summed E-state index contributed by atoms with van der Waals surface area (Å²) in [5, 5.41) is 0. The van der Waals surface area contributed by atoms with Crippen LogP contribution in [0.1, 0.15) is 80.1 Å². The maximum absolute atomic E-state index is 12.3. The molecule has 1 atom stereocenters. The van der Waals surface area contributed by atoms with Gasteiger partial charge in [-0.1, -0.05) is 60.8 Å². The van der Waals surface area contributed by atoms with E-state index in [4.69, 9.17) is 0 Å². The molecular weight excluding hydrogens is 262 g/mol. The quantitative estimate of drug-likeness (QED) is 0.538. The van der Waals surface area contributed by atoms with Crippen LogP contribution >= 0.6 is 0 Å². The first-order valence-corrected chi connectivity index (χ1v) is 8.36. The van der Waals surface area contributed by atoms with Crippen LogP contribution in [0.3, 0.4) is 0 Å². The van der Waals surface area contributed by atoms with Gasteiger partial charge in [-0.25, -0.2) is 0 Å². The molecule has 0 aromatic rings. The molecule has 0 aliphatic carbocycles. The largest absolute Gasteiger partial charge is 0.282 e. The van der Waals surface area contributed by atoms with E-state index in [1.54, 1.807) is 0 Å². The Kier molecular flexibility index (Phi) is 6.01.